The number of aliphatic hydroxyl groups is 1. The Morgan fingerprint density at radius 1 is 1.28 bits per heavy atom. The minimum atomic E-state index is -0.459. The van der Waals surface area contributed by atoms with E-state index in [9.17, 15) is 9.90 Å². The number of nitrogens with one attached hydrogen (secondary N) is 1. The van der Waals surface area contributed by atoms with Gasteiger partial charge >= 0.3 is 0 Å². The monoisotopic (exact) mass is 397 g/mol. The van der Waals surface area contributed by atoms with Crippen LogP contribution in [0.2, 0.25) is 10.0 Å². The number of thiophene rings is 1. The summed E-state index contributed by atoms with van der Waals surface area (Å²) < 4.78 is 0. The van der Waals surface area contributed by atoms with E-state index in [1.165, 1.54) is 4.88 Å². The summed E-state index contributed by atoms with van der Waals surface area (Å²) in [6.07, 6.45) is 3.93. The number of aliphatic hydroxyl groups excluding tert-OH is 1. The minimum Gasteiger partial charge on any atom is -0.388 e. The molecule has 1 atom stereocenters. The van der Waals surface area contributed by atoms with Crippen molar-refractivity contribution in [3.05, 3.63) is 55.7 Å². The molecule has 1 heterocycles. The Hall–Kier alpha value is -1.07. The fraction of sp³-hybridized carbons (Fsp3) is 0.421. The van der Waals surface area contributed by atoms with E-state index in [0.29, 0.717) is 22.2 Å². The first kappa shape index (κ1) is 18.7. The van der Waals surface area contributed by atoms with Gasteiger partial charge < -0.3 is 10.4 Å². The van der Waals surface area contributed by atoms with Gasteiger partial charge in [0, 0.05) is 26.7 Å². The predicted octanol–water partition coefficient (Wildman–Crippen LogP) is 5.35. The molecule has 0 radical (unpaired) electrons. The van der Waals surface area contributed by atoms with E-state index in [-0.39, 0.29) is 11.3 Å². The predicted molar refractivity (Wildman–Crippen MR) is 104 cm³/mol. The van der Waals surface area contributed by atoms with E-state index in [0.717, 1.165) is 30.6 Å². The third kappa shape index (κ3) is 4.03. The molecule has 6 heteroatoms. The number of carbonyl (C=O) groups is 1. The first-order valence-corrected chi connectivity index (χ1v) is 10.00. The van der Waals surface area contributed by atoms with Gasteiger partial charge in [0.15, 0.2) is 0 Å². The standard InChI is InChI=1S/C19H21Cl2NO2S/c1-12(23)16-6-7-17(25-16)19(8-2-3-9-19)11-22-18(24)14-5-4-13(20)10-15(14)21/h4-7,10,12,23H,2-3,8-9,11H2,1H3,(H,22,24). The lowest BCUT2D eigenvalue weighted by molar-refractivity contribution is 0.0943. The van der Waals surface area contributed by atoms with Gasteiger partial charge in [-0.25, -0.2) is 0 Å². The van der Waals surface area contributed by atoms with Crippen molar-refractivity contribution >= 4 is 40.4 Å². The molecule has 1 amide bonds. The number of carbonyl (C=O) groups excluding carboxylic acids is 1. The maximum Gasteiger partial charge on any atom is 0.252 e. The Bertz CT molecular complexity index is 767. The van der Waals surface area contributed by atoms with Crippen molar-refractivity contribution in [2.75, 3.05) is 6.54 Å². The van der Waals surface area contributed by atoms with Crippen LogP contribution in [0.1, 0.15) is 58.8 Å². The van der Waals surface area contributed by atoms with E-state index in [4.69, 9.17) is 23.2 Å². The van der Waals surface area contributed by atoms with Crippen molar-refractivity contribution in [1.29, 1.82) is 0 Å². The lowest BCUT2D eigenvalue weighted by atomic mass is 9.84. The second-order valence-electron chi connectivity index (χ2n) is 6.67. The number of halogens is 2. The third-order valence-electron chi connectivity index (χ3n) is 4.88. The molecule has 3 rings (SSSR count). The molecular formula is C19H21Cl2NO2S. The molecule has 2 N–H and O–H groups in total. The summed E-state index contributed by atoms with van der Waals surface area (Å²) in [5, 5.41) is 13.7. The molecule has 3 nitrogen and oxygen atoms in total. The molecule has 1 unspecified atom stereocenters. The average molecular weight is 398 g/mol. The van der Waals surface area contributed by atoms with E-state index in [2.05, 4.69) is 11.4 Å². The quantitative estimate of drug-likeness (QED) is 0.713. The Balaban J connectivity index is 1.77. The molecule has 25 heavy (non-hydrogen) atoms. The lowest BCUT2D eigenvalue weighted by Gasteiger charge is -2.28. The summed E-state index contributed by atoms with van der Waals surface area (Å²) in [6, 6.07) is 8.99. The van der Waals surface area contributed by atoms with Crippen molar-refractivity contribution < 1.29 is 9.90 Å². The second-order valence-corrected chi connectivity index (χ2v) is 8.63. The minimum absolute atomic E-state index is 0.0492. The Labute approximate surface area is 162 Å². The fourth-order valence-electron chi connectivity index (χ4n) is 3.44. The summed E-state index contributed by atoms with van der Waals surface area (Å²) in [7, 11) is 0. The first-order valence-electron chi connectivity index (χ1n) is 8.43. The van der Waals surface area contributed by atoms with Gasteiger partial charge in [0.25, 0.3) is 5.91 Å². The molecule has 0 bridgehead atoms. The highest BCUT2D eigenvalue weighted by Gasteiger charge is 2.37. The largest absolute Gasteiger partial charge is 0.388 e. The normalized spacial score (nSPS) is 17.4. The molecule has 1 aromatic heterocycles. The van der Waals surface area contributed by atoms with Crippen LogP contribution in [0.3, 0.4) is 0 Å². The summed E-state index contributed by atoms with van der Waals surface area (Å²) in [4.78, 5) is 14.8. The number of hydrogen-bond donors (Lipinski definition) is 2. The molecule has 0 aliphatic heterocycles. The maximum atomic E-state index is 12.5. The highest BCUT2D eigenvalue weighted by molar-refractivity contribution is 7.12. The van der Waals surface area contributed by atoms with E-state index in [1.54, 1.807) is 36.5 Å². The van der Waals surface area contributed by atoms with Gasteiger partial charge in [-0.1, -0.05) is 36.0 Å². The van der Waals surface area contributed by atoms with Gasteiger partial charge in [0.2, 0.25) is 0 Å². The summed E-state index contributed by atoms with van der Waals surface area (Å²) in [6.45, 7) is 2.35. The van der Waals surface area contributed by atoms with Crippen molar-refractivity contribution in [1.82, 2.24) is 5.32 Å². The smallest absolute Gasteiger partial charge is 0.252 e. The molecule has 1 aromatic carbocycles. The van der Waals surface area contributed by atoms with Crippen LogP contribution in [-0.4, -0.2) is 17.6 Å². The molecule has 0 saturated heterocycles. The molecule has 1 aliphatic carbocycles. The van der Waals surface area contributed by atoms with Crippen LogP contribution in [0.4, 0.5) is 0 Å². The molecule has 1 saturated carbocycles. The van der Waals surface area contributed by atoms with E-state index < -0.39 is 6.10 Å². The van der Waals surface area contributed by atoms with Crippen LogP contribution in [0.25, 0.3) is 0 Å². The van der Waals surface area contributed by atoms with Gasteiger partial charge in [-0.15, -0.1) is 11.3 Å². The van der Waals surface area contributed by atoms with Gasteiger partial charge in [0.05, 0.1) is 16.7 Å². The zero-order valence-corrected chi connectivity index (χ0v) is 16.3. The van der Waals surface area contributed by atoms with Crippen molar-refractivity contribution in [2.24, 2.45) is 0 Å². The van der Waals surface area contributed by atoms with Crippen LogP contribution >= 0.6 is 34.5 Å². The zero-order valence-electron chi connectivity index (χ0n) is 14.0. The summed E-state index contributed by atoms with van der Waals surface area (Å²) in [5.41, 5.74) is 0.391. The Morgan fingerprint density at radius 3 is 2.60 bits per heavy atom. The average Bonchev–Trinajstić information content (AvgIpc) is 3.23. The third-order valence-corrected chi connectivity index (χ3v) is 6.93. The fourth-order valence-corrected chi connectivity index (χ4v) is 5.13. The zero-order chi connectivity index (χ0) is 18.0. The highest BCUT2D eigenvalue weighted by Crippen LogP contribution is 2.44. The summed E-state index contributed by atoms with van der Waals surface area (Å²) in [5.74, 6) is -0.180. The number of rotatable bonds is 5. The van der Waals surface area contributed by atoms with E-state index in [1.807, 2.05) is 6.07 Å². The van der Waals surface area contributed by atoms with Crippen LogP contribution in [0.15, 0.2) is 30.3 Å². The highest BCUT2D eigenvalue weighted by atomic mass is 35.5. The number of benzene rings is 1. The van der Waals surface area contributed by atoms with Crippen molar-refractivity contribution in [3.63, 3.8) is 0 Å². The molecular weight excluding hydrogens is 377 g/mol. The summed E-state index contributed by atoms with van der Waals surface area (Å²) >= 11 is 13.7. The molecule has 0 spiro atoms. The van der Waals surface area contributed by atoms with Gasteiger partial charge in [0.1, 0.15) is 0 Å². The Kier molecular flexibility index (Phi) is 5.74. The molecule has 1 fully saturated rings. The molecule has 134 valence electrons. The van der Waals surface area contributed by atoms with Crippen LogP contribution in [-0.2, 0) is 5.41 Å². The molecule has 2 aromatic rings. The van der Waals surface area contributed by atoms with Crippen LogP contribution < -0.4 is 5.32 Å². The maximum absolute atomic E-state index is 12.5. The first-order chi connectivity index (χ1) is 11.9. The van der Waals surface area contributed by atoms with Gasteiger partial charge in [-0.05, 0) is 50.1 Å². The number of amides is 1. The van der Waals surface area contributed by atoms with Crippen molar-refractivity contribution in [2.45, 2.75) is 44.1 Å². The Morgan fingerprint density at radius 2 is 2.00 bits per heavy atom. The topological polar surface area (TPSA) is 49.3 Å². The van der Waals surface area contributed by atoms with E-state index >= 15 is 0 Å². The second kappa shape index (κ2) is 7.67. The lowest BCUT2D eigenvalue weighted by Crippen LogP contribution is -2.38. The van der Waals surface area contributed by atoms with Gasteiger partial charge in [-0.3, -0.25) is 4.79 Å². The SMILES string of the molecule is CC(O)c1ccc(C2(CNC(=O)c3ccc(Cl)cc3Cl)CCCC2)s1. The van der Waals surface area contributed by atoms with Crippen LogP contribution in [0.5, 0.6) is 0 Å². The van der Waals surface area contributed by atoms with Gasteiger partial charge in [-0.2, -0.15) is 0 Å². The van der Waals surface area contributed by atoms with Crippen molar-refractivity contribution in [3.8, 4) is 0 Å². The number of hydrogen-bond acceptors (Lipinski definition) is 3. The van der Waals surface area contributed by atoms with Crippen LogP contribution in [0, 0.1) is 0 Å². The molecule has 1 aliphatic rings.